The van der Waals surface area contributed by atoms with Crippen LogP contribution in [0.2, 0.25) is 0 Å². The van der Waals surface area contributed by atoms with Crippen molar-refractivity contribution in [3.8, 4) is 0 Å². The monoisotopic (exact) mass is 302 g/mol. The highest BCUT2D eigenvalue weighted by Gasteiger charge is 2.24. The zero-order chi connectivity index (χ0) is 15.1. The highest BCUT2D eigenvalue weighted by atomic mass is 32.1. The van der Waals surface area contributed by atoms with Crippen molar-refractivity contribution < 1.29 is 24.2 Å². The van der Waals surface area contributed by atoms with E-state index in [9.17, 15) is 9.59 Å². The summed E-state index contributed by atoms with van der Waals surface area (Å²) >= 11 is 1.37. The molecule has 0 unspecified atom stereocenters. The Hall–Kier alpha value is -1.67. The Kier molecular flexibility index (Phi) is 6.40. The van der Waals surface area contributed by atoms with Crippen LogP contribution in [0.5, 0.6) is 0 Å². The van der Waals surface area contributed by atoms with Crippen LogP contribution >= 0.6 is 11.3 Å². The summed E-state index contributed by atoms with van der Waals surface area (Å²) in [6.45, 7) is 3.88. The van der Waals surface area contributed by atoms with Gasteiger partial charge < -0.3 is 19.9 Å². The molecule has 2 N–H and O–H groups in total. The second-order valence-electron chi connectivity index (χ2n) is 4.43. The quantitative estimate of drug-likeness (QED) is 0.794. The van der Waals surface area contributed by atoms with Crippen LogP contribution in [0.25, 0.3) is 0 Å². The van der Waals surface area contributed by atoms with Crippen LogP contribution in [0.1, 0.15) is 23.7 Å². The number of nitrogens with one attached hydrogen (secondary N) is 1. The van der Waals surface area contributed by atoms with Crippen LogP contribution in [0.15, 0.2) is 6.20 Å². The molecule has 0 spiro atoms. The number of amides is 1. The molecule has 8 heteroatoms. The number of hydrogen-bond donors (Lipinski definition) is 2. The number of methoxy groups -OCH3 is 1. The van der Waals surface area contributed by atoms with E-state index in [0.717, 1.165) is 9.88 Å². The predicted octanol–water partition coefficient (Wildman–Crippen LogP) is 1.62. The summed E-state index contributed by atoms with van der Waals surface area (Å²) in [6.07, 6.45) is 0.844. The summed E-state index contributed by atoms with van der Waals surface area (Å²) < 4.78 is 9.90. The fourth-order valence-corrected chi connectivity index (χ4v) is 2.23. The topological polar surface area (TPSA) is 97.8 Å². The number of carbonyl (C=O) groups excluding carboxylic acids is 1. The number of aliphatic carboxylic acids is 1. The van der Waals surface area contributed by atoms with Gasteiger partial charge in [0.2, 0.25) is 0 Å². The van der Waals surface area contributed by atoms with Crippen LogP contribution < -0.4 is 5.32 Å². The van der Waals surface area contributed by atoms with Crippen molar-refractivity contribution in [3.63, 3.8) is 0 Å². The summed E-state index contributed by atoms with van der Waals surface area (Å²) in [5.74, 6) is -1.31. The molecule has 0 radical (unpaired) electrons. The lowest BCUT2D eigenvalue weighted by Gasteiger charge is -2.17. The van der Waals surface area contributed by atoms with Gasteiger partial charge in [0, 0.05) is 13.3 Å². The van der Waals surface area contributed by atoms with Gasteiger partial charge in [-0.05, 0) is 5.92 Å². The molecule has 0 saturated heterocycles. The van der Waals surface area contributed by atoms with Crippen LogP contribution in [0, 0.1) is 5.92 Å². The average Bonchev–Trinajstić information content (AvgIpc) is 2.81. The van der Waals surface area contributed by atoms with Crippen molar-refractivity contribution in [2.24, 2.45) is 5.92 Å². The molecule has 0 fully saturated rings. The molecule has 0 aliphatic rings. The molecular formula is C12H18N2O5S. The Labute approximate surface area is 120 Å². The highest BCUT2D eigenvalue weighted by Crippen LogP contribution is 2.14. The lowest BCUT2D eigenvalue weighted by atomic mass is 10.1. The Morgan fingerprint density at radius 2 is 2.15 bits per heavy atom. The summed E-state index contributed by atoms with van der Waals surface area (Å²) in [5, 5.41) is 12.1. The fraction of sp³-hybridized carbons (Fsp3) is 0.583. The first-order valence-corrected chi connectivity index (χ1v) is 6.84. The van der Waals surface area contributed by atoms with Crippen LogP contribution in [-0.4, -0.2) is 35.3 Å². The molecule has 1 heterocycles. The Bertz CT molecular complexity index is 460. The third-order valence-corrected chi connectivity index (χ3v) is 3.37. The molecule has 1 aromatic heterocycles. The average molecular weight is 302 g/mol. The number of carboxylic acid groups (broad SMARTS) is 1. The van der Waals surface area contributed by atoms with Crippen molar-refractivity contribution in [1.82, 2.24) is 10.3 Å². The molecule has 112 valence electrons. The van der Waals surface area contributed by atoms with E-state index in [4.69, 9.17) is 14.6 Å². The van der Waals surface area contributed by atoms with Gasteiger partial charge in [-0.15, -0.1) is 11.3 Å². The summed E-state index contributed by atoms with van der Waals surface area (Å²) in [4.78, 5) is 27.3. The van der Waals surface area contributed by atoms with Gasteiger partial charge in [0.15, 0.2) is 0 Å². The molecular weight excluding hydrogens is 284 g/mol. The first kappa shape index (κ1) is 16.4. The molecule has 0 bridgehead atoms. The predicted molar refractivity (Wildman–Crippen MR) is 72.4 cm³/mol. The first-order valence-electron chi connectivity index (χ1n) is 6.02. The van der Waals surface area contributed by atoms with E-state index in [1.54, 1.807) is 27.2 Å². The van der Waals surface area contributed by atoms with Gasteiger partial charge in [0.1, 0.15) is 17.7 Å². The highest BCUT2D eigenvalue weighted by molar-refractivity contribution is 7.11. The molecule has 0 saturated carbocycles. The van der Waals surface area contributed by atoms with E-state index in [1.165, 1.54) is 11.3 Å². The van der Waals surface area contributed by atoms with Crippen molar-refractivity contribution in [2.75, 3.05) is 7.11 Å². The number of nitrogens with zero attached hydrogens (tertiary/aromatic N) is 1. The molecule has 0 aliphatic carbocycles. The van der Waals surface area contributed by atoms with E-state index >= 15 is 0 Å². The summed E-state index contributed by atoms with van der Waals surface area (Å²) in [6, 6.07) is -0.965. The number of ether oxygens (including phenoxy) is 2. The van der Waals surface area contributed by atoms with Crippen molar-refractivity contribution in [3.05, 3.63) is 16.1 Å². The van der Waals surface area contributed by atoms with Gasteiger partial charge >= 0.3 is 12.1 Å². The maximum absolute atomic E-state index is 11.5. The minimum Gasteiger partial charge on any atom is -0.480 e. The van der Waals surface area contributed by atoms with Crippen molar-refractivity contribution in [2.45, 2.75) is 33.1 Å². The molecule has 7 nitrogen and oxygen atoms in total. The molecule has 1 aromatic rings. The molecule has 1 atom stereocenters. The van der Waals surface area contributed by atoms with E-state index in [0.29, 0.717) is 6.61 Å². The molecule has 0 aliphatic heterocycles. The van der Waals surface area contributed by atoms with Crippen LogP contribution in [0.3, 0.4) is 0 Å². The fourth-order valence-electron chi connectivity index (χ4n) is 1.42. The van der Waals surface area contributed by atoms with Gasteiger partial charge in [-0.1, -0.05) is 13.8 Å². The Balaban J connectivity index is 2.44. The standard InChI is InChI=1S/C12H18N2O5S/c1-7(2)10(11(15)16)14-12(17)19-5-8-4-13-9(20-8)6-18-3/h4,7,10H,5-6H2,1-3H3,(H,14,17)(H,15,16)/t10-/m0/s1. The normalized spacial score (nSPS) is 12.2. The summed E-state index contributed by atoms with van der Waals surface area (Å²) in [7, 11) is 1.57. The maximum atomic E-state index is 11.5. The van der Waals surface area contributed by atoms with Gasteiger partial charge in [-0.2, -0.15) is 0 Å². The van der Waals surface area contributed by atoms with Gasteiger partial charge in [0.25, 0.3) is 0 Å². The number of hydrogen-bond acceptors (Lipinski definition) is 6. The van der Waals surface area contributed by atoms with E-state index in [-0.39, 0.29) is 12.5 Å². The second kappa shape index (κ2) is 7.81. The zero-order valence-electron chi connectivity index (χ0n) is 11.6. The third kappa shape index (κ3) is 5.14. The van der Waals surface area contributed by atoms with Gasteiger partial charge in [0.05, 0.1) is 11.5 Å². The van der Waals surface area contributed by atoms with Gasteiger partial charge in [-0.3, -0.25) is 0 Å². The van der Waals surface area contributed by atoms with Crippen molar-refractivity contribution >= 4 is 23.4 Å². The summed E-state index contributed by atoms with van der Waals surface area (Å²) in [5.41, 5.74) is 0. The molecule has 1 rings (SSSR count). The number of rotatable bonds is 7. The smallest absolute Gasteiger partial charge is 0.408 e. The Morgan fingerprint density at radius 1 is 1.45 bits per heavy atom. The van der Waals surface area contributed by atoms with E-state index < -0.39 is 18.1 Å². The molecule has 1 amide bonds. The number of aromatic nitrogens is 1. The number of carboxylic acids is 1. The molecule has 0 aromatic carbocycles. The number of alkyl carbamates (subject to hydrolysis) is 1. The number of thiazole rings is 1. The molecule has 20 heavy (non-hydrogen) atoms. The largest absolute Gasteiger partial charge is 0.480 e. The van der Waals surface area contributed by atoms with Crippen LogP contribution in [-0.2, 0) is 27.5 Å². The SMILES string of the molecule is COCc1ncc(COC(=O)N[C@H](C(=O)O)C(C)C)s1. The minimum atomic E-state index is -1.09. The third-order valence-electron chi connectivity index (χ3n) is 2.42. The zero-order valence-corrected chi connectivity index (χ0v) is 12.4. The minimum absolute atomic E-state index is 0.0532. The van der Waals surface area contributed by atoms with Gasteiger partial charge in [-0.25, -0.2) is 14.6 Å². The van der Waals surface area contributed by atoms with E-state index in [2.05, 4.69) is 10.3 Å². The number of carbonyl (C=O) groups is 2. The first-order chi connectivity index (χ1) is 9.43. The second-order valence-corrected chi connectivity index (χ2v) is 5.63. The maximum Gasteiger partial charge on any atom is 0.408 e. The van der Waals surface area contributed by atoms with E-state index in [1.807, 2.05) is 0 Å². The lowest BCUT2D eigenvalue weighted by molar-refractivity contribution is -0.140. The van der Waals surface area contributed by atoms with Crippen LogP contribution in [0.4, 0.5) is 4.79 Å². The van der Waals surface area contributed by atoms with Crippen molar-refractivity contribution in [1.29, 1.82) is 0 Å². The Morgan fingerprint density at radius 3 is 2.70 bits per heavy atom. The lowest BCUT2D eigenvalue weighted by Crippen LogP contribution is -2.44.